The number of ether oxygens (including phenoxy) is 1. The van der Waals surface area contributed by atoms with E-state index in [1.54, 1.807) is 0 Å². The van der Waals surface area contributed by atoms with Crippen LogP contribution in [0.4, 0.5) is 0 Å². The van der Waals surface area contributed by atoms with Crippen LogP contribution in [0.3, 0.4) is 0 Å². The van der Waals surface area contributed by atoms with Crippen LogP contribution in [0, 0.1) is 17.8 Å². The Morgan fingerprint density at radius 1 is 1.25 bits per heavy atom. The number of carbonyl (C=O) groups is 1. The van der Waals surface area contributed by atoms with Crippen molar-refractivity contribution in [3.63, 3.8) is 0 Å². The van der Waals surface area contributed by atoms with Crippen LogP contribution in [-0.4, -0.2) is 50.4 Å². The number of hydrogen-bond acceptors (Lipinski definition) is 5. The summed E-state index contributed by atoms with van der Waals surface area (Å²) in [5, 5.41) is 13.5. The summed E-state index contributed by atoms with van der Waals surface area (Å²) < 4.78 is 7.64. The minimum Gasteiger partial charge on any atom is -0.356 e. The van der Waals surface area contributed by atoms with E-state index in [0.29, 0.717) is 13.1 Å². The van der Waals surface area contributed by atoms with E-state index in [2.05, 4.69) is 10.3 Å². The number of aliphatic hydroxyl groups excluding tert-OH is 1. The van der Waals surface area contributed by atoms with Gasteiger partial charge in [0.25, 0.3) is 0 Å². The second kappa shape index (κ2) is 6.54. The van der Waals surface area contributed by atoms with Gasteiger partial charge in [0, 0.05) is 25.2 Å². The van der Waals surface area contributed by atoms with Crippen molar-refractivity contribution in [1.82, 2.24) is 19.6 Å². The highest BCUT2D eigenvalue weighted by Crippen LogP contribution is 2.52. The molecule has 3 heterocycles. The molecule has 1 saturated heterocycles. The van der Waals surface area contributed by atoms with Crippen molar-refractivity contribution >= 4 is 11.6 Å². The minimum absolute atomic E-state index is 0.0107. The number of rotatable bonds is 5. The molecule has 4 atom stereocenters. The molecule has 7 nitrogen and oxygen atoms in total. The normalized spacial score (nSPS) is 26.3. The zero-order chi connectivity index (χ0) is 20.3. The molecule has 4 rings (SSSR count). The van der Waals surface area contributed by atoms with E-state index in [0.717, 1.165) is 11.3 Å². The van der Waals surface area contributed by atoms with Gasteiger partial charge in [-0.15, -0.1) is 0 Å². The van der Waals surface area contributed by atoms with Gasteiger partial charge in [-0.25, -0.2) is 4.98 Å². The number of pyridine rings is 1. The molecule has 7 heteroatoms. The van der Waals surface area contributed by atoms with Crippen molar-refractivity contribution in [3.8, 4) is 0 Å². The molecule has 0 aromatic carbocycles. The summed E-state index contributed by atoms with van der Waals surface area (Å²) >= 11 is 0. The third-order valence-electron chi connectivity index (χ3n) is 5.79. The van der Waals surface area contributed by atoms with Crippen LogP contribution in [0.5, 0.6) is 0 Å². The molecule has 1 saturated carbocycles. The number of nitrogens with one attached hydrogen (secondary N) is 1. The quantitative estimate of drug-likeness (QED) is 0.768. The molecule has 1 amide bonds. The number of carbonyl (C=O) groups excluding carboxylic acids is 1. The molecule has 2 aliphatic rings. The number of fused-ring (bicyclic) bond motifs is 2. The molecule has 152 valence electrons. The molecule has 2 unspecified atom stereocenters. The smallest absolute Gasteiger partial charge is 0.224 e. The van der Waals surface area contributed by atoms with Gasteiger partial charge in [0.1, 0.15) is 5.65 Å². The van der Waals surface area contributed by atoms with Crippen molar-refractivity contribution in [2.75, 3.05) is 13.1 Å². The molecule has 1 aliphatic carbocycles. The maximum absolute atomic E-state index is 12.9. The van der Waals surface area contributed by atoms with Crippen LogP contribution in [0.1, 0.15) is 40.3 Å². The van der Waals surface area contributed by atoms with Crippen LogP contribution in [-0.2, 0) is 15.1 Å². The van der Waals surface area contributed by atoms with Gasteiger partial charge in [-0.1, -0.05) is 6.07 Å². The Morgan fingerprint density at radius 3 is 2.57 bits per heavy atom. The van der Waals surface area contributed by atoms with Crippen molar-refractivity contribution < 1.29 is 14.6 Å². The van der Waals surface area contributed by atoms with Crippen LogP contribution < -0.4 is 5.32 Å². The molecule has 1 aliphatic heterocycles. The Kier molecular flexibility index (Phi) is 4.52. The minimum atomic E-state index is -0.911. The van der Waals surface area contributed by atoms with E-state index in [4.69, 9.17) is 4.74 Å². The molecule has 0 spiro atoms. The number of nitrogens with zero attached hydrogens (tertiary/aromatic N) is 3. The zero-order valence-corrected chi connectivity index (χ0v) is 17.2. The maximum atomic E-state index is 12.9. The average molecular weight is 386 g/mol. The summed E-state index contributed by atoms with van der Waals surface area (Å²) in [6.45, 7) is 11.2. The monoisotopic (exact) mass is 386 g/mol. The fourth-order valence-electron chi connectivity index (χ4n) is 4.37. The molecule has 2 fully saturated rings. The molecule has 28 heavy (non-hydrogen) atoms. The zero-order valence-electron chi connectivity index (χ0n) is 17.2. The van der Waals surface area contributed by atoms with E-state index in [9.17, 15) is 9.90 Å². The lowest BCUT2D eigenvalue weighted by Crippen LogP contribution is -2.45. The highest BCUT2D eigenvalue weighted by Gasteiger charge is 2.60. The maximum Gasteiger partial charge on any atom is 0.224 e. The summed E-state index contributed by atoms with van der Waals surface area (Å²) in [5.41, 5.74) is 0.897. The number of amides is 1. The predicted octanol–water partition coefficient (Wildman–Crippen LogP) is 1.95. The van der Waals surface area contributed by atoms with E-state index < -0.39 is 17.6 Å². The molecule has 0 bridgehead atoms. The highest BCUT2D eigenvalue weighted by atomic mass is 16.6. The number of imidazole rings is 1. The predicted molar refractivity (Wildman–Crippen MR) is 105 cm³/mol. The lowest BCUT2D eigenvalue weighted by Gasteiger charge is -2.31. The van der Waals surface area contributed by atoms with Crippen LogP contribution in [0.25, 0.3) is 5.65 Å². The number of hydrogen-bond donors (Lipinski definition) is 2. The summed E-state index contributed by atoms with van der Waals surface area (Å²) in [6, 6.07) is 5.86. The van der Waals surface area contributed by atoms with Gasteiger partial charge < -0.3 is 19.6 Å². The van der Waals surface area contributed by atoms with E-state index in [1.807, 2.05) is 74.5 Å². The molecule has 2 aromatic heterocycles. The second-order valence-corrected chi connectivity index (χ2v) is 9.55. The van der Waals surface area contributed by atoms with Crippen molar-refractivity contribution in [3.05, 3.63) is 36.3 Å². The summed E-state index contributed by atoms with van der Waals surface area (Å²) in [4.78, 5) is 19.3. The highest BCUT2D eigenvalue weighted by molar-refractivity contribution is 5.83. The third kappa shape index (κ3) is 3.54. The van der Waals surface area contributed by atoms with Crippen LogP contribution in [0.2, 0.25) is 0 Å². The SMILES string of the molecule is CC(C)(C)OC(O)N1C[C@@H]2C(C(=O)NC(C)(C)c3cnc4ccccn34)[C@@H]2C1. The van der Waals surface area contributed by atoms with Crippen LogP contribution in [0.15, 0.2) is 30.6 Å². The lowest BCUT2D eigenvalue weighted by atomic mass is 10.0. The van der Waals surface area contributed by atoms with Crippen LogP contribution >= 0.6 is 0 Å². The topological polar surface area (TPSA) is 79.1 Å². The van der Waals surface area contributed by atoms with Gasteiger partial charge in [0.05, 0.1) is 23.0 Å². The van der Waals surface area contributed by atoms with Crippen molar-refractivity contribution in [2.45, 2.75) is 52.2 Å². The Morgan fingerprint density at radius 2 is 1.93 bits per heavy atom. The largest absolute Gasteiger partial charge is 0.356 e. The second-order valence-electron chi connectivity index (χ2n) is 9.55. The Labute approximate surface area is 165 Å². The van der Waals surface area contributed by atoms with Gasteiger partial charge in [-0.05, 0) is 58.6 Å². The fraction of sp³-hybridized carbons (Fsp3) is 0.619. The number of likely N-dealkylation sites (tertiary alicyclic amines) is 1. The van der Waals surface area contributed by atoms with Gasteiger partial charge in [0.2, 0.25) is 12.3 Å². The Hall–Kier alpha value is -1.96. The molecule has 2 N–H and O–H groups in total. The summed E-state index contributed by atoms with van der Waals surface area (Å²) in [5.74, 6) is 0.667. The number of aromatic nitrogens is 2. The standard InChI is InChI=1S/C21H30N4O3/c1-20(2,3)28-19(27)24-11-13-14(12-24)17(13)18(26)23-21(4,5)15-10-22-16-8-6-7-9-25(15)16/h6-10,13-14,17,19,27H,11-12H2,1-5H3,(H,23,26)/t13-,14+,17?,19?. The summed E-state index contributed by atoms with van der Waals surface area (Å²) in [6.07, 6.45) is 2.88. The van der Waals surface area contributed by atoms with Crippen molar-refractivity contribution in [1.29, 1.82) is 0 Å². The fourth-order valence-corrected chi connectivity index (χ4v) is 4.37. The molecule has 2 aromatic rings. The van der Waals surface area contributed by atoms with E-state index >= 15 is 0 Å². The third-order valence-corrected chi connectivity index (χ3v) is 5.79. The Balaban J connectivity index is 1.37. The van der Waals surface area contributed by atoms with Crippen molar-refractivity contribution in [2.24, 2.45) is 17.8 Å². The van der Waals surface area contributed by atoms with E-state index in [1.165, 1.54) is 0 Å². The first-order valence-electron chi connectivity index (χ1n) is 9.91. The number of piperidine rings is 1. The summed E-state index contributed by atoms with van der Waals surface area (Å²) in [7, 11) is 0. The Bertz CT molecular complexity index is 873. The first-order chi connectivity index (χ1) is 13.1. The molecular formula is C21H30N4O3. The molecule has 0 radical (unpaired) electrons. The van der Waals surface area contributed by atoms with Gasteiger partial charge in [-0.3, -0.25) is 9.69 Å². The van der Waals surface area contributed by atoms with Gasteiger partial charge in [0.15, 0.2) is 0 Å². The molecular weight excluding hydrogens is 356 g/mol. The van der Waals surface area contributed by atoms with E-state index in [-0.39, 0.29) is 23.7 Å². The first-order valence-corrected chi connectivity index (χ1v) is 9.91. The first kappa shape index (κ1) is 19.4. The number of aliphatic hydroxyl groups is 1. The van der Waals surface area contributed by atoms with Gasteiger partial charge >= 0.3 is 0 Å². The lowest BCUT2D eigenvalue weighted by molar-refractivity contribution is -0.236. The average Bonchev–Trinajstić information content (AvgIpc) is 2.96. The van der Waals surface area contributed by atoms with Gasteiger partial charge in [-0.2, -0.15) is 0 Å².